The summed E-state index contributed by atoms with van der Waals surface area (Å²) in [6.45, 7) is 15.0. The lowest BCUT2D eigenvalue weighted by Crippen LogP contribution is -2.31. The molecule has 3 nitrogen and oxygen atoms in total. The van der Waals surface area contributed by atoms with Gasteiger partial charge in [-0.2, -0.15) is 0 Å². The Hall–Kier alpha value is -0.740. The van der Waals surface area contributed by atoms with E-state index in [1.165, 1.54) is 19.4 Å². The highest BCUT2D eigenvalue weighted by molar-refractivity contribution is 7.71. The highest BCUT2D eigenvalue weighted by Gasteiger charge is 2.27. The highest BCUT2D eigenvalue weighted by Crippen LogP contribution is 2.30. The zero-order chi connectivity index (χ0) is 16.0. The van der Waals surface area contributed by atoms with Crippen molar-refractivity contribution in [1.82, 2.24) is 4.90 Å². The highest BCUT2D eigenvalue weighted by atomic mass is 32.1. The Bertz CT molecular complexity index is 509. The molecule has 0 radical (unpaired) electrons. The third kappa shape index (κ3) is 4.89. The van der Waals surface area contributed by atoms with E-state index in [-0.39, 0.29) is 10.8 Å². The monoisotopic (exact) mass is 310 g/mol. The molecule has 0 aliphatic heterocycles. The van der Waals surface area contributed by atoms with E-state index in [2.05, 4.69) is 44.8 Å². The molecule has 1 N–H and O–H groups in total. The van der Waals surface area contributed by atoms with Gasteiger partial charge in [-0.15, -0.1) is 0 Å². The van der Waals surface area contributed by atoms with Gasteiger partial charge in [-0.3, -0.25) is 4.79 Å². The van der Waals surface area contributed by atoms with Gasteiger partial charge in [-0.1, -0.05) is 46.8 Å². The van der Waals surface area contributed by atoms with Gasteiger partial charge >= 0.3 is 0 Å². The average molecular weight is 311 g/mol. The van der Waals surface area contributed by atoms with E-state index in [1.807, 2.05) is 0 Å². The molecule has 0 unspecified atom stereocenters. The molecule has 1 aromatic carbocycles. The number of nitrogens with one attached hydrogen (secondary N) is 1. The van der Waals surface area contributed by atoms with Gasteiger partial charge < -0.3 is 10.2 Å². The van der Waals surface area contributed by atoms with Crippen molar-refractivity contribution in [3.05, 3.63) is 20.3 Å². The zero-order valence-electron chi connectivity index (χ0n) is 14.2. The van der Waals surface area contributed by atoms with Crippen molar-refractivity contribution in [2.45, 2.75) is 59.3 Å². The van der Waals surface area contributed by atoms with Crippen LogP contribution < -0.4 is 10.7 Å². The van der Waals surface area contributed by atoms with E-state index in [0.717, 1.165) is 37.3 Å². The molecule has 0 aliphatic carbocycles. The summed E-state index contributed by atoms with van der Waals surface area (Å²) < 4.78 is 0.487. The summed E-state index contributed by atoms with van der Waals surface area (Å²) in [5.41, 5.74) is 1.72. The first kappa shape index (κ1) is 18.3. The number of nitrogens with zero attached hydrogens (tertiary/aromatic N) is 1. The minimum Gasteiger partial charge on any atom is -0.383 e. The standard InChI is InChI=1S/C17H30N2OS/c1-6-11-19(7-2)12-9-8-10-18-14-13(17(3,4)5)15(20)16(14)21/h18H,6-12H2,1-5H3. The van der Waals surface area contributed by atoms with Crippen LogP contribution in [0.2, 0.25) is 0 Å². The topological polar surface area (TPSA) is 32.3 Å². The summed E-state index contributed by atoms with van der Waals surface area (Å²) in [5.74, 6) is 0. The second-order valence-corrected chi connectivity index (χ2v) is 7.13. The number of hydrogen-bond donors (Lipinski definition) is 1. The van der Waals surface area contributed by atoms with E-state index in [0.29, 0.717) is 4.51 Å². The van der Waals surface area contributed by atoms with Crippen LogP contribution in [0.5, 0.6) is 0 Å². The van der Waals surface area contributed by atoms with Gasteiger partial charge in [-0.25, -0.2) is 0 Å². The number of hydrogen-bond acceptors (Lipinski definition) is 4. The van der Waals surface area contributed by atoms with Crippen molar-refractivity contribution in [3.63, 3.8) is 0 Å². The van der Waals surface area contributed by atoms with Crippen LogP contribution in [0, 0.1) is 4.51 Å². The van der Waals surface area contributed by atoms with Crippen molar-refractivity contribution >= 4 is 17.9 Å². The van der Waals surface area contributed by atoms with E-state index < -0.39 is 0 Å². The molecule has 0 saturated carbocycles. The van der Waals surface area contributed by atoms with E-state index in [1.54, 1.807) is 0 Å². The summed E-state index contributed by atoms with van der Waals surface area (Å²) >= 11 is 5.17. The molecule has 4 heteroatoms. The van der Waals surface area contributed by atoms with Crippen LogP contribution in [-0.4, -0.2) is 31.1 Å². The molecule has 0 heterocycles. The quantitative estimate of drug-likeness (QED) is 0.554. The minimum absolute atomic E-state index is 0.0557. The van der Waals surface area contributed by atoms with Gasteiger partial charge in [0.25, 0.3) is 0 Å². The smallest absolute Gasteiger partial charge is 0.204 e. The van der Waals surface area contributed by atoms with Crippen molar-refractivity contribution in [3.8, 4) is 0 Å². The number of anilines is 1. The fourth-order valence-corrected chi connectivity index (χ4v) is 2.97. The Balaban J connectivity index is 2.39. The van der Waals surface area contributed by atoms with E-state index in [9.17, 15) is 4.79 Å². The van der Waals surface area contributed by atoms with Crippen LogP contribution in [-0.2, 0) is 5.41 Å². The summed E-state index contributed by atoms with van der Waals surface area (Å²) in [7, 11) is 0. The Morgan fingerprint density at radius 3 is 2.33 bits per heavy atom. The molecule has 0 aromatic heterocycles. The maximum absolute atomic E-state index is 11.9. The molecule has 0 bridgehead atoms. The Kier molecular flexibility index (Phi) is 7.01. The largest absolute Gasteiger partial charge is 0.383 e. The molecule has 120 valence electrons. The van der Waals surface area contributed by atoms with Gasteiger partial charge in [-0.05, 0) is 44.3 Å². The van der Waals surface area contributed by atoms with Gasteiger partial charge in [0.2, 0.25) is 5.43 Å². The van der Waals surface area contributed by atoms with Crippen LogP contribution in [0.15, 0.2) is 4.79 Å². The predicted molar refractivity (Wildman–Crippen MR) is 94.7 cm³/mol. The van der Waals surface area contributed by atoms with Crippen molar-refractivity contribution < 1.29 is 0 Å². The maximum atomic E-state index is 11.9. The van der Waals surface area contributed by atoms with Crippen molar-refractivity contribution in [1.29, 1.82) is 0 Å². The first-order chi connectivity index (χ1) is 9.82. The summed E-state index contributed by atoms with van der Waals surface area (Å²) in [6, 6.07) is 0. The summed E-state index contributed by atoms with van der Waals surface area (Å²) in [4.78, 5) is 14.3. The molecular weight excluding hydrogens is 280 g/mol. The van der Waals surface area contributed by atoms with Crippen LogP contribution in [0.1, 0.15) is 59.4 Å². The van der Waals surface area contributed by atoms with Crippen LogP contribution in [0.25, 0.3) is 0 Å². The lowest BCUT2D eigenvalue weighted by Gasteiger charge is -2.25. The first-order valence-corrected chi connectivity index (χ1v) is 8.53. The van der Waals surface area contributed by atoms with Gasteiger partial charge in [0.1, 0.15) is 4.51 Å². The molecule has 1 rings (SSSR count). The maximum Gasteiger partial charge on any atom is 0.204 e. The molecule has 1 aromatic rings. The van der Waals surface area contributed by atoms with Crippen molar-refractivity contribution in [2.75, 3.05) is 31.5 Å². The van der Waals surface area contributed by atoms with Crippen LogP contribution in [0.3, 0.4) is 0 Å². The van der Waals surface area contributed by atoms with Crippen LogP contribution >= 0.6 is 12.2 Å². The zero-order valence-corrected chi connectivity index (χ0v) is 15.0. The molecule has 21 heavy (non-hydrogen) atoms. The second kappa shape index (κ2) is 8.04. The summed E-state index contributed by atoms with van der Waals surface area (Å²) in [6.07, 6.45) is 3.50. The molecule has 0 spiro atoms. The van der Waals surface area contributed by atoms with Gasteiger partial charge in [0.05, 0.1) is 5.69 Å². The predicted octanol–water partition coefficient (Wildman–Crippen LogP) is 3.87. The van der Waals surface area contributed by atoms with E-state index in [4.69, 9.17) is 12.2 Å². The average Bonchev–Trinajstić information content (AvgIpc) is 2.42. The normalized spacial score (nSPS) is 12.3. The lowest BCUT2D eigenvalue weighted by molar-refractivity contribution is 0.283. The molecular formula is C17H30N2OS. The van der Waals surface area contributed by atoms with Gasteiger partial charge in [0.15, 0.2) is 0 Å². The Morgan fingerprint density at radius 2 is 1.81 bits per heavy atom. The molecule has 0 fully saturated rings. The number of rotatable bonds is 9. The number of unbranched alkanes of at least 4 members (excludes halogenated alkanes) is 1. The fourth-order valence-electron chi connectivity index (χ4n) is 2.69. The second-order valence-electron chi connectivity index (χ2n) is 6.73. The molecule has 0 atom stereocenters. The third-order valence-electron chi connectivity index (χ3n) is 3.85. The van der Waals surface area contributed by atoms with E-state index >= 15 is 0 Å². The fraction of sp³-hybridized carbons (Fsp3) is 0.765. The van der Waals surface area contributed by atoms with Gasteiger partial charge in [0, 0.05) is 12.1 Å². The van der Waals surface area contributed by atoms with Crippen molar-refractivity contribution in [2.24, 2.45) is 0 Å². The molecule has 0 amide bonds. The lowest BCUT2D eigenvalue weighted by atomic mass is 9.82. The third-order valence-corrected chi connectivity index (χ3v) is 4.24. The summed E-state index contributed by atoms with van der Waals surface area (Å²) in [5, 5.41) is 3.38. The minimum atomic E-state index is -0.123. The first-order valence-electron chi connectivity index (χ1n) is 8.12. The molecule has 0 saturated heterocycles. The Morgan fingerprint density at radius 1 is 1.14 bits per heavy atom. The van der Waals surface area contributed by atoms with Crippen LogP contribution in [0.4, 0.5) is 5.69 Å². The SMILES string of the molecule is CCCN(CC)CCCCNc1c(C(C)(C)C)c(=O)c1=S. The Labute approximate surface area is 134 Å². The molecule has 0 aliphatic rings.